The van der Waals surface area contributed by atoms with E-state index in [0.717, 1.165) is 77.4 Å². The predicted molar refractivity (Wildman–Crippen MR) is 172 cm³/mol. The summed E-state index contributed by atoms with van der Waals surface area (Å²) < 4.78 is 10.4. The molecule has 0 aromatic rings. The molecule has 0 spiro atoms. The van der Waals surface area contributed by atoms with Crippen LogP contribution in [0.4, 0.5) is 0 Å². The molecule has 0 rings (SSSR count). The number of carbonyl (C=O) groups is 2. The van der Waals surface area contributed by atoms with Gasteiger partial charge in [-0.15, -0.1) is 0 Å². The van der Waals surface area contributed by atoms with Gasteiger partial charge in [-0.3, -0.25) is 9.59 Å². The lowest BCUT2D eigenvalue weighted by Gasteiger charge is -2.21. The van der Waals surface area contributed by atoms with Crippen LogP contribution in [-0.2, 0) is 19.1 Å². The molecular formula is C35H69NO5. The number of methoxy groups -OCH3 is 1. The molecule has 6 nitrogen and oxygen atoms in total. The number of carbonyl (C=O) groups excluding carboxylic acids is 2. The number of aliphatic hydroxyl groups is 1. The Kier molecular flexibility index (Phi) is 30.9. The van der Waals surface area contributed by atoms with Crippen LogP contribution in [0, 0.1) is 5.92 Å². The number of aliphatic hydroxyl groups excluding tert-OH is 1. The lowest BCUT2D eigenvalue weighted by atomic mass is 9.95. The molecule has 1 unspecified atom stereocenters. The van der Waals surface area contributed by atoms with Crippen LogP contribution in [0.2, 0.25) is 0 Å². The first-order chi connectivity index (χ1) is 20.1. The van der Waals surface area contributed by atoms with Gasteiger partial charge < -0.3 is 19.5 Å². The summed E-state index contributed by atoms with van der Waals surface area (Å²) >= 11 is 0. The monoisotopic (exact) mass is 584 g/mol. The smallest absolute Gasteiger partial charge is 0.305 e. The number of esters is 2. The number of hydrogen-bond donors (Lipinski definition) is 1. The fourth-order valence-electron chi connectivity index (χ4n) is 5.52. The van der Waals surface area contributed by atoms with Crippen molar-refractivity contribution in [2.24, 2.45) is 5.92 Å². The van der Waals surface area contributed by atoms with Gasteiger partial charge >= 0.3 is 11.9 Å². The van der Waals surface area contributed by atoms with E-state index in [0.29, 0.717) is 25.4 Å². The Hall–Kier alpha value is -1.14. The van der Waals surface area contributed by atoms with Crippen LogP contribution in [0.3, 0.4) is 0 Å². The lowest BCUT2D eigenvalue weighted by Crippen LogP contribution is -2.29. The highest BCUT2D eigenvalue weighted by atomic mass is 16.5. The van der Waals surface area contributed by atoms with E-state index in [2.05, 4.69) is 23.5 Å². The zero-order valence-corrected chi connectivity index (χ0v) is 27.6. The highest BCUT2D eigenvalue weighted by Gasteiger charge is 2.12. The van der Waals surface area contributed by atoms with Gasteiger partial charge in [0.1, 0.15) is 0 Å². The maximum Gasteiger partial charge on any atom is 0.305 e. The molecule has 6 heteroatoms. The summed E-state index contributed by atoms with van der Waals surface area (Å²) in [5, 5.41) is 9.40. The summed E-state index contributed by atoms with van der Waals surface area (Å²) in [6.45, 7) is 8.15. The van der Waals surface area contributed by atoms with Crippen LogP contribution in [0.25, 0.3) is 0 Å². The zero-order chi connectivity index (χ0) is 30.2. The van der Waals surface area contributed by atoms with Crippen LogP contribution < -0.4 is 0 Å². The number of unbranched alkanes of at least 4 members (excludes halogenated alkanes) is 16. The highest BCUT2D eigenvalue weighted by molar-refractivity contribution is 5.69. The van der Waals surface area contributed by atoms with Crippen molar-refractivity contribution in [2.75, 3.05) is 40.0 Å². The third kappa shape index (κ3) is 28.7. The Bertz CT molecular complexity index is 571. The summed E-state index contributed by atoms with van der Waals surface area (Å²) in [6, 6.07) is 0. The molecule has 0 aromatic carbocycles. The molecule has 0 radical (unpaired) electrons. The number of nitrogens with zero attached hydrogens (tertiary/aromatic N) is 1. The molecule has 41 heavy (non-hydrogen) atoms. The Labute approximate surface area is 254 Å². The second kappa shape index (κ2) is 31.8. The van der Waals surface area contributed by atoms with Crippen molar-refractivity contribution < 1.29 is 24.2 Å². The second-order valence-corrected chi connectivity index (χ2v) is 12.1. The third-order valence-electron chi connectivity index (χ3n) is 8.27. The van der Waals surface area contributed by atoms with E-state index in [9.17, 15) is 14.7 Å². The summed E-state index contributed by atoms with van der Waals surface area (Å²) in [5.41, 5.74) is 0. The van der Waals surface area contributed by atoms with E-state index in [1.807, 2.05) is 0 Å². The van der Waals surface area contributed by atoms with Gasteiger partial charge in [-0.25, -0.2) is 0 Å². The van der Waals surface area contributed by atoms with Gasteiger partial charge in [0.05, 0.1) is 20.3 Å². The van der Waals surface area contributed by atoms with Crippen molar-refractivity contribution >= 4 is 11.9 Å². The molecule has 0 aliphatic carbocycles. The number of ether oxygens (including phenoxy) is 2. The quantitative estimate of drug-likeness (QED) is 0.0629. The topological polar surface area (TPSA) is 76.1 Å². The highest BCUT2D eigenvalue weighted by Crippen LogP contribution is 2.20. The SMILES string of the molecule is CCCCCCCCC(CCCCCC)COC(=O)CCCCCCCN(CCO)CCCCCCCC(=O)OC. The summed E-state index contributed by atoms with van der Waals surface area (Å²) in [5.74, 6) is 0.413. The second-order valence-electron chi connectivity index (χ2n) is 12.1. The molecule has 0 amide bonds. The molecule has 0 aliphatic rings. The maximum absolute atomic E-state index is 12.4. The molecule has 0 fully saturated rings. The van der Waals surface area contributed by atoms with Gasteiger partial charge in [-0.05, 0) is 57.5 Å². The molecule has 1 atom stereocenters. The van der Waals surface area contributed by atoms with Crippen LogP contribution in [0.5, 0.6) is 0 Å². The molecule has 0 aromatic heterocycles. The number of hydrogen-bond acceptors (Lipinski definition) is 6. The van der Waals surface area contributed by atoms with Crippen LogP contribution >= 0.6 is 0 Å². The minimum atomic E-state index is -0.116. The molecule has 0 heterocycles. The summed E-state index contributed by atoms with van der Waals surface area (Å²) in [6.07, 6.45) is 27.4. The van der Waals surface area contributed by atoms with Crippen molar-refractivity contribution in [2.45, 2.75) is 168 Å². The number of rotatable bonds is 32. The average Bonchev–Trinajstić information content (AvgIpc) is 2.97. The molecule has 0 saturated carbocycles. The van der Waals surface area contributed by atoms with E-state index < -0.39 is 0 Å². The predicted octanol–water partition coefficient (Wildman–Crippen LogP) is 9.02. The first-order valence-electron chi connectivity index (χ1n) is 17.6. The fourth-order valence-corrected chi connectivity index (χ4v) is 5.52. The summed E-state index contributed by atoms with van der Waals surface area (Å²) in [4.78, 5) is 25.9. The maximum atomic E-state index is 12.4. The Balaban J connectivity index is 3.93. The van der Waals surface area contributed by atoms with Crippen LogP contribution in [0.1, 0.15) is 168 Å². The van der Waals surface area contributed by atoms with Crippen molar-refractivity contribution in [1.82, 2.24) is 4.90 Å². The molecule has 0 saturated heterocycles. The van der Waals surface area contributed by atoms with E-state index in [1.54, 1.807) is 0 Å². The van der Waals surface area contributed by atoms with Crippen LogP contribution in [0.15, 0.2) is 0 Å². The standard InChI is InChI=1S/C35H69NO5/c1-4-6-8-10-13-19-25-33(24-18-9-7-5-2)32-41-35(39)27-21-15-12-17-23-29-36(30-31-37)28-22-16-11-14-20-26-34(38)40-3/h33,37H,4-32H2,1-3H3. The fraction of sp³-hybridized carbons (Fsp3) is 0.943. The van der Waals surface area contributed by atoms with Gasteiger partial charge in [-0.1, -0.05) is 117 Å². The van der Waals surface area contributed by atoms with E-state index in [-0.39, 0.29) is 18.5 Å². The molecule has 0 aliphatic heterocycles. The molecule has 1 N–H and O–H groups in total. The zero-order valence-electron chi connectivity index (χ0n) is 27.6. The van der Waals surface area contributed by atoms with E-state index >= 15 is 0 Å². The average molecular weight is 584 g/mol. The van der Waals surface area contributed by atoms with E-state index in [4.69, 9.17) is 4.74 Å². The van der Waals surface area contributed by atoms with Gasteiger partial charge in [0, 0.05) is 19.4 Å². The van der Waals surface area contributed by atoms with Crippen LogP contribution in [-0.4, -0.2) is 61.9 Å². The van der Waals surface area contributed by atoms with Gasteiger partial charge in [0.15, 0.2) is 0 Å². The minimum Gasteiger partial charge on any atom is -0.469 e. The molecule has 244 valence electrons. The van der Waals surface area contributed by atoms with Crippen molar-refractivity contribution in [3.63, 3.8) is 0 Å². The first kappa shape index (κ1) is 39.9. The molecular weight excluding hydrogens is 514 g/mol. The largest absolute Gasteiger partial charge is 0.469 e. The normalized spacial score (nSPS) is 12.1. The van der Waals surface area contributed by atoms with Crippen molar-refractivity contribution in [3.05, 3.63) is 0 Å². The Morgan fingerprint density at radius 2 is 1.02 bits per heavy atom. The van der Waals surface area contributed by atoms with Crippen molar-refractivity contribution in [1.29, 1.82) is 0 Å². The minimum absolute atomic E-state index is 0.00841. The lowest BCUT2D eigenvalue weighted by molar-refractivity contribution is -0.145. The van der Waals surface area contributed by atoms with E-state index in [1.165, 1.54) is 90.6 Å². The molecule has 0 bridgehead atoms. The van der Waals surface area contributed by atoms with Gasteiger partial charge in [0.25, 0.3) is 0 Å². The van der Waals surface area contributed by atoms with Gasteiger partial charge in [-0.2, -0.15) is 0 Å². The summed E-state index contributed by atoms with van der Waals surface area (Å²) in [7, 11) is 1.44. The Morgan fingerprint density at radius 3 is 1.54 bits per heavy atom. The Morgan fingerprint density at radius 1 is 0.585 bits per heavy atom. The first-order valence-corrected chi connectivity index (χ1v) is 17.6. The van der Waals surface area contributed by atoms with Gasteiger partial charge in [0.2, 0.25) is 0 Å². The van der Waals surface area contributed by atoms with Crippen molar-refractivity contribution in [3.8, 4) is 0 Å². The third-order valence-corrected chi connectivity index (χ3v) is 8.27.